The number of amides is 1. The molecule has 0 atom stereocenters. The molecule has 0 aliphatic carbocycles. The van der Waals surface area contributed by atoms with Crippen molar-refractivity contribution >= 4 is 34.4 Å². The summed E-state index contributed by atoms with van der Waals surface area (Å²) in [5.74, 6) is 0.677. The van der Waals surface area contributed by atoms with Crippen molar-refractivity contribution in [2.75, 3.05) is 17.7 Å². The molecule has 2 aromatic heterocycles. The maximum absolute atomic E-state index is 13.1. The molecule has 2 N–H and O–H groups in total. The lowest BCUT2D eigenvalue weighted by Crippen LogP contribution is -2.23. The van der Waals surface area contributed by atoms with Crippen molar-refractivity contribution < 1.29 is 9.53 Å². The number of fused-ring (bicyclic) bond motifs is 1. The van der Waals surface area contributed by atoms with Gasteiger partial charge in [0.15, 0.2) is 5.16 Å². The van der Waals surface area contributed by atoms with E-state index in [9.17, 15) is 9.59 Å². The summed E-state index contributed by atoms with van der Waals surface area (Å²) >= 11 is 1.22. The van der Waals surface area contributed by atoms with Gasteiger partial charge in [-0.05, 0) is 56.3 Å². The zero-order valence-electron chi connectivity index (χ0n) is 17.2. The molecule has 0 radical (unpaired) electrons. The molecule has 0 aliphatic rings. The van der Waals surface area contributed by atoms with Crippen molar-refractivity contribution in [3.63, 3.8) is 0 Å². The average Bonchev–Trinajstić information content (AvgIpc) is 3.15. The minimum atomic E-state index is -0.196. The Labute approximate surface area is 183 Å². The number of aryl methyl sites for hydroxylation is 1. The highest BCUT2D eigenvalue weighted by molar-refractivity contribution is 7.99. The number of hydrogen-bond acceptors (Lipinski definition) is 5. The summed E-state index contributed by atoms with van der Waals surface area (Å²) in [6.07, 6.45) is 0. The van der Waals surface area contributed by atoms with Gasteiger partial charge >= 0.3 is 0 Å². The van der Waals surface area contributed by atoms with E-state index in [-0.39, 0.29) is 17.2 Å². The zero-order valence-corrected chi connectivity index (χ0v) is 18.0. The van der Waals surface area contributed by atoms with E-state index < -0.39 is 0 Å². The highest BCUT2D eigenvalue weighted by Crippen LogP contribution is 2.22. The van der Waals surface area contributed by atoms with Crippen molar-refractivity contribution in [1.82, 2.24) is 14.5 Å². The zero-order chi connectivity index (χ0) is 21.8. The van der Waals surface area contributed by atoms with Gasteiger partial charge in [0.2, 0.25) is 5.91 Å². The van der Waals surface area contributed by atoms with Crippen LogP contribution in [0, 0.1) is 6.92 Å². The fraction of sp³-hybridized carbons (Fsp3) is 0.174. The van der Waals surface area contributed by atoms with Crippen LogP contribution in [-0.4, -0.2) is 32.8 Å². The minimum Gasteiger partial charge on any atom is -0.494 e. The quantitative estimate of drug-likeness (QED) is 0.337. The second-order valence-corrected chi connectivity index (χ2v) is 7.82. The molecule has 7 nitrogen and oxygen atoms in total. The van der Waals surface area contributed by atoms with Crippen LogP contribution in [0.3, 0.4) is 0 Å². The van der Waals surface area contributed by atoms with Crippen LogP contribution in [0.1, 0.15) is 12.6 Å². The fourth-order valence-corrected chi connectivity index (χ4v) is 4.02. The molecule has 0 bridgehead atoms. The Kier molecular flexibility index (Phi) is 6.08. The minimum absolute atomic E-state index is 0.112. The molecule has 0 spiro atoms. The lowest BCUT2D eigenvalue weighted by molar-refractivity contribution is -0.113. The molecular weight excluding hydrogens is 412 g/mol. The number of nitrogens with one attached hydrogen (secondary N) is 2. The van der Waals surface area contributed by atoms with Gasteiger partial charge in [0, 0.05) is 11.4 Å². The third-order valence-corrected chi connectivity index (χ3v) is 5.49. The van der Waals surface area contributed by atoms with E-state index >= 15 is 0 Å². The van der Waals surface area contributed by atoms with Crippen LogP contribution >= 0.6 is 11.8 Å². The standard InChI is InChI=1S/C23H22N4O3S/c1-3-30-18-11-9-16(10-12-18)25-20(28)14-31-23-26-19-13-15(2)24-21(19)22(29)27(23)17-7-5-4-6-8-17/h4-13,24H,3,14H2,1-2H3,(H,25,28). The average molecular weight is 435 g/mol. The molecule has 0 unspecified atom stereocenters. The Morgan fingerprint density at radius 2 is 1.90 bits per heavy atom. The van der Waals surface area contributed by atoms with E-state index in [0.717, 1.165) is 11.4 Å². The molecule has 158 valence electrons. The maximum Gasteiger partial charge on any atom is 0.283 e. The highest BCUT2D eigenvalue weighted by atomic mass is 32.2. The molecule has 4 rings (SSSR count). The van der Waals surface area contributed by atoms with Gasteiger partial charge in [0.1, 0.15) is 11.3 Å². The number of hydrogen-bond donors (Lipinski definition) is 2. The predicted octanol–water partition coefficient (Wildman–Crippen LogP) is 4.15. The first-order valence-electron chi connectivity index (χ1n) is 9.88. The molecular formula is C23H22N4O3S. The van der Waals surface area contributed by atoms with E-state index in [1.165, 1.54) is 16.3 Å². The van der Waals surface area contributed by atoms with Crippen molar-refractivity contribution in [2.24, 2.45) is 0 Å². The first-order chi connectivity index (χ1) is 15.0. The number of rotatable bonds is 7. The van der Waals surface area contributed by atoms with E-state index in [1.807, 2.05) is 62.4 Å². The lowest BCUT2D eigenvalue weighted by atomic mass is 10.3. The van der Waals surface area contributed by atoms with Crippen LogP contribution in [0.2, 0.25) is 0 Å². The number of ether oxygens (including phenoxy) is 1. The molecule has 1 amide bonds. The van der Waals surface area contributed by atoms with Crippen LogP contribution in [0.5, 0.6) is 5.75 Å². The number of carbonyl (C=O) groups is 1. The van der Waals surface area contributed by atoms with Crippen molar-refractivity contribution in [1.29, 1.82) is 0 Å². The van der Waals surface area contributed by atoms with Gasteiger partial charge in [-0.1, -0.05) is 30.0 Å². The van der Waals surface area contributed by atoms with Crippen molar-refractivity contribution in [2.45, 2.75) is 19.0 Å². The van der Waals surface area contributed by atoms with E-state index in [2.05, 4.69) is 15.3 Å². The third kappa shape index (κ3) is 4.64. The number of thioether (sulfide) groups is 1. The normalized spacial score (nSPS) is 10.9. The molecule has 0 fully saturated rings. The smallest absolute Gasteiger partial charge is 0.283 e. The van der Waals surface area contributed by atoms with Gasteiger partial charge in [-0.2, -0.15) is 0 Å². The maximum atomic E-state index is 13.1. The molecule has 0 saturated heterocycles. The molecule has 0 aliphatic heterocycles. The number of H-pyrrole nitrogens is 1. The fourth-order valence-electron chi connectivity index (χ4n) is 3.21. The summed E-state index contributed by atoms with van der Waals surface area (Å²) in [5.41, 5.74) is 3.07. The SMILES string of the molecule is CCOc1ccc(NC(=O)CSc2nc3cc(C)[nH]c3c(=O)n2-c2ccccc2)cc1. The Balaban J connectivity index is 1.57. The lowest BCUT2D eigenvalue weighted by Gasteiger charge is -2.12. The van der Waals surface area contributed by atoms with Gasteiger partial charge in [0.05, 0.1) is 23.6 Å². The van der Waals surface area contributed by atoms with Crippen molar-refractivity contribution in [3.8, 4) is 11.4 Å². The first-order valence-corrected chi connectivity index (χ1v) is 10.9. The van der Waals surface area contributed by atoms with Crippen LogP contribution < -0.4 is 15.6 Å². The summed E-state index contributed by atoms with van der Waals surface area (Å²) in [6, 6.07) is 18.3. The van der Waals surface area contributed by atoms with Crippen LogP contribution in [0.25, 0.3) is 16.7 Å². The summed E-state index contributed by atoms with van der Waals surface area (Å²) in [4.78, 5) is 33.4. The van der Waals surface area contributed by atoms with Gasteiger partial charge in [-0.15, -0.1) is 0 Å². The molecule has 2 heterocycles. The number of aromatic nitrogens is 3. The van der Waals surface area contributed by atoms with Crippen LogP contribution in [0.4, 0.5) is 5.69 Å². The molecule has 4 aromatic rings. The molecule has 8 heteroatoms. The Bertz CT molecular complexity index is 1260. The first kappa shape index (κ1) is 20.7. The van der Waals surface area contributed by atoms with Gasteiger partial charge in [-0.25, -0.2) is 4.98 Å². The van der Waals surface area contributed by atoms with E-state index in [4.69, 9.17) is 4.74 Å². The topological polar surface area (TPSA) is 89.0 Å². The number of nitrogens with zero attached hydrogens (tertiary/aromatic N) is 2. The van der Waals surface area contributed by atoms with Gasteiger partial charge < -0.3 is 15.0 Å². The molecule has 31 heavy (non-hydrogen) atoms. The second-order valence-electron chi connectivity index (χ2n) is 6.88. The molecule has 2 aromatic carbocycles. The predicted molar refractivity (Wildman–Crippen MR) is 123 cm³/mol. The number of carbonyl (C=O) groups excluding carboxylic acids is 1. The summed E-state index contributed by atoms with van der Waals surface area (Å²) in [6.45, 7) is 4.39. The second kappa shape index (κ2) is 9.09. The van der Waals surface area contributed by atoms with E-state index in [1.54, 1.807) is 12.1 Å². The third-order valence-electron chi connectivity index (χ3n) is 4.55. The Morgan fingerprint density at radius 3 is 2.61 bits per heavy atom. The van der Waals surface area contributed by atoms with Gasteiger partial charge in [0.25, 0.3) is 5.56 Å². The number of aromatic amines is 1. The number of anilines is 1. The summed E-state index contributed by atoms with van der Waals surface area (Å²) < 4.78 is 6.95. The number of benzene rings is 2. The number of para-hydroxylation sites is 1. The van der Waals surface area contributed by atoms with Gasteiger partial charge in [-0.3, -0.25) is 14.2 Å². The largest absolute Gasteiger partial charge is 0.494 e. The Hall–Kier alpha value is -3.52. The van der Waals surface area contributed by atoms with E-state index in [0.29, 0.717) is 34.2 Å². The summed E-state index contributed by atoms with van der Waals surface area (Å²) in [5, 5.41) is 3.32. The van der Waals surface area contributed by atoms with Crippen molar-refractivity contribution in [3.05, 3.63) is 76.7 Å². The summed E-state index contributed by atoms with van der Waals surface area (Å²) in [7, 11) is 0. The molecule has 0 saturated carbocycles. The van der Waals surface area contributed by atoms with Crippen LogP contribution in [0.15, 0.2) is 70.6 Å². The Morgan fingerprint density at radius 1 is 1.16 bits per heavy atom. The highest BCUT2D eigenvalue weighted by Gasteiger charge is 2.16. The monoisotopic (exact) mass is 434 g/mol. The van der Waals surface area contributed by atoms with Crippen LogP contribution in [-0.2, 0) is 4.79 Å².